The van der Waals surface area contributed by atoms with Crippen LogP contribution in [0.4, 0.5) is 5.82 Å². The van der Waals surface area contributed by atoms with Crippen LogP contribution in [0.3, 0.4) is 0 Å². The number of anilines is 1. The second-order valence-corrected chi connectivity index (χ2v) is 6.45. The lowest BCUT2D eigenvalue weighted by Crippen LogP contribution is -2.38. The van der Waals surface area contributed by atoms with Gasteiger partial charge in [0.1, 0.15) is 12.1 Å². The van der Waals surface area contributed by atoms with Crippen molar-refractivity contribution in [1.82, 2.24) is 9.97 Å². The van der Waals surface area contributed by atoms with Gasteiger partial charge in [0.05, 0.1) is 6.61 Å². The van der Waals surface area contributed by atoms with Crippen LogP contribution in [0, 0.1) is 5.41 Å². The molecule has 2 rings (SSSR count). The maximum Gasteiger partial charge on any atom is 0.131 e. The smallest absolute Gasteiger partial charge is 0.131 e. The molecular weight excluding hydrogens is 335 g/mol. The van der Waals surface area contributed by atoms with E-state index in [-0.39, 0.29) is 36.8 Å². The first-order valence-corrected chi connectivity index (χ1v) is 7.93. The van der Waals surface area contributed by atoms with Crippen LogP contribution in [-0.2, 0) is 0 Å². The summed E-state index contributed by atoms with van der Waals surface area (Å²) in [4.78, 5) is 10.9. The summed E-state index contributed by atoms with van der Waals surface area (Å²) in [5, 5.41) is 9.72. The molecule has 0 saturated heterocycles. The Hall–Kier alpha value is -0.620. The number of aliphatic hydroxyl groups excluding tert-OH is 1. The summed E-state index contributed by atoms with van der Waals surface area (Å²) < 4.78 is 0. The summed E-state index contributed by atoms with van der Waals surface area (Å²) in [7, 11) is 2.04. The topological polar surface area (TPSA) is 75.3 Å². The quantitative estimate of drug-likeness (QED) is 0.777. The maximum absolute atomic E-state index is 9.72. The fourth-order valence-electron chi connectivity index (χ4n) is 3.03. The van der Waals surface area contributed by atoms with Gasteiger partial charge in [-0.25, -0.2) is 9.97 Å². The van der Waals surface area contributed by atoms with Crippen molar-refractivity contribution in [3.05, 3.63) is 18.1 Å². The normalized spacial score (nSPS) is 20.0. The number of hydrogen-bond acceptors (Lipinski definition) is 5. The molecule has 1 aromatic rings. The third-order valence-electron chi connectivity index (χ3n) is 5.07. The summed E-state index contributed by atoms with van der Waals surface area (Å²) in [6.45, 7) is 5.28. The summed E-state index contributed by atoms with van der Waals surface area (Å²) in [6.07, 6.45) is 5.60. The van der Waals surface area contributed by atoms with Crippen LogP contribution in [0.1, 0.15) is 51.1 Å². The monoisotopic (exact) mass is 364 g/mol. The summed E-state index contributed by atoms with van der Waals surface area (Å²) in [5.41, 5.74) is 6.90. The second-order valence-electron chi connectivity index (χ2n) is 6.45. The van der Waals surface area contributed by atoms with Crippen molar-refractivity contribution in [2.24, 2.45) is 11.1 Å². The van der Waals surface area contributed by atoms with E-state index in [0.29, 0.717) is 12.0 Å². The van der Waals surface area contributed by atoms with E-state index in [1.807, 2.05) is 7.05 Å². The predicted octanol–water partition coefficient (Wildman–Crippen LogP) is 2.76. The molecule has 1 heterocycles. The van der Waals surface area contributed by atoms with Crippen LogP contribution < -0.4 is 10.6 Å². The number of aliphatic hydroxyl groups is 1. The van der Waals surface area contributed by atoms with Crippen LogP contribution in [-0.4, -0.2) is 41.3 Å². The highest BCUT2D eigenvalue weighted by molar-refractivity contribution is 5.85. The third-order valence-corrected chi connectivity index (χ3v) is 5.07. The third kappa shape index (κ3) is 5.18. The van der Waals surface area contributed by atoms with Crippen LogP contribution >= 0.6 is 24.8 Å². The molecular formula is C16H30Cl2N4O. The summed E-state index contributed by atoms with van der Waals surface area (Å²) in [5.74, 6) is 1.41. The van der Waals surface area contributed by atoms with E-state index in [2.05, 4.69) is 34.8 Å². The zero-order chi connectivity index (χ0) is 15.5. The van der Waals surface area contributed by atoms with Gasteiger partial charge in [-0.2, -0.15) is 0 Å². The standard InChI is InChI=1S/C16H28N4O.2ClH/c1-4-16(5-2,10-21)9-20(3)15-8-14(18-11-19-15)12-6-13(17)7-12;;/h8,11-13,21H,4-7,9-10,17H2,1-3H3;2*1H. The lowest BCUT2D eigenvalue weighted by Gasteiger charge is -2.35. The first kappa shape index (κ1) is 22.4. The van der Waals surface area contributed by atoms with Crippen molar-refractivity contribution in [1.29, 1.82) is 0 Å². The van der Waals surface area contributed by atoms with Gasteiger partial charge in [-0.3, -0.25) is 0 Å². The molecule has 1 saturated carbocycles. The number of hydrogen-bond donors (Lipinski definition) is 2. The number of nitrogens with two attached hydrogens (primary N) is 1. The van der Waals surface area contributed by atoms with E-state index in [0.717, 1.165) is 43.7 Å². The van der Waals surface area contributed by atoms with E-state index < -0.39 is 0 Å². The molecule has 5 nitrogen and oxygen atoms in total. The highest BCUT2D eigenvalue weighted by atomic mass is 35.5. The van der Waals surface area contributed by atoms with Gasteiger partial charge in [-0.1, -0.05) is 13.8 Å². The van der Waals surface area contributed by atoms with Gasteiger partial charge in [0.15, 0.2) is 0 Å². The summed E-state index contributed by atoms with van der Waals surface area (Å²) >= 11 is 0. The molecule has 134 valence electrons. The Morgan fingerprint density at radius 3 is 2.35 bits per heavy atom. The molecule has 0 amide bonds. The molecule has 0 unspecified atom stereocenters. The van der Waals surface area contributed by atoms with E-state index in [1.54, 1.807) is 6.33 Å². The Bertz CT molecular complexity index is 457. The van der Waals surface area contributed by atoms with E-state index >= 15 is 0 Å². The van der Waals surface area contributed by atoms with Crippen molar-refractivity contribution in [2.75, 3.05) is 25.1 Å². The van der Waals surface area contributed by atoms with Crippen molar-refractivity contribution in [3.8, 4) is 0 Å². The highest BCUT2D eigenvalue weighted by Crippen LogP contribution is 2.35. The highest BCUT2D eigenvalue weighted by Gasteiger charge is 2.30. The fraction of sp³-hybridized carbons (Fsp3) is 0.750. The molecule has 0 bridgehead atoms. The van der Waals surface area contributed by atoms with Crippen molar-refractivity contribution >= 4 is 30.6 Å². The minimum atomic E-state index is -0.0569. The molecule has 7 heteroatoms. The largest absolute Gasteiger partial charge is 0.396 e. The Labute approximate surface area is 151 Å². The van der Waals surface area contributed by atoms with Gasteiger partial charge >= 0.3 is 0 Å². The van der Waals surface area contributed by atoms with Crippen molar-refractivity contribution < 1.29 is 5.11 Å². The molecule has 1 aliphatic carbocycles. The SMILES string of the molecule is CCC(CC)(CO)CN(C)c1cc(C2CC(N)C2)ncn1.Cl.Cl. The van der Waals surface area contributed by atoms with Crippen LogP contribution in [0.25, 0.3) is 0 Å². The fourth-order valence-corrected chi connectivity index (χ4v) is 3.03. The number of halogens is 2. The number of aromatic nitrogens is 2. The lowest BCUT2D eigenvalue weighted by atomic mass is 9.78. The maximum atomic E-state index is 9.72. The van der Waals surface area contributed by atoms with Gasteiger partial charge in [-0.05, 0) is 25.7 Å². The molecule has 3 N–H and O–H groups in total. The Kier molecular flexibility index (Phi) is 9.36. The van der Waals surface area contributed by atoms with E-state index in [1.165, 1.54) is 0 Å². The molecule has 1 aliphatic rings. The lowest BCUT2D eigenvalue weighted by molar-refractivity contribution is 0.121. The number of rotatable bonds is 7. The Balaban J connectivity index is 0.00000242. The summed E-state index contributed by atoms with van der Waals surface area (Å²) in [6, 6.07) is 2.40. The zero-order valence-corrected chi connectivity index (χ0v) is 15.9. The molecule has 0 radical (unpaired) electrons. The van der Waals surface area contributed by atoms with Crippen molar-refractivity contribution in [3.63, 3.8) is 0 Å². The average molecular weight is 365 g/mol. The van der Waals surface area contributed by atoms with Crippen LogP contribution in [0.5, 0.6) is 0 Å². The van der Waals surface area contributed by atoms with Gasteiger partial charge in [0, 0.05) is 42.7 Å². The molecule has 0 aromatic carbocycles. The molecule has 1 fully saturated rings. The van der Waals surface area contributed by atoms with Crippen molar-refractivity contribution in [2.45, 2.75) is 51.5 Å². The van der Waals surface area contributed by atoms with Gasteiger partial charge in [-0.15, -0.1) is 24.8 Å². The van der Waals surface area contributed by atoms with Crippen LogP contribution in [0.15, 0.2) is 12.4 Å². The molecule has 0 atom stereocenters. The van der Waals surface area contributed by atoms with E-state index in [9.17, 15) is 5.11 Å². The molecule has 1 aromatic heterocycles. The molecule has 23 heavy (non-hydrogen) atoms. The Morgan fingerprint density at radius 2 is 1.87 bits per heavy atom. The average Bonchev–Trinajstić information content (AvgIpc) is 2.49. The first-order valence-electron chi connectivity index (χ1n) is 7.93. The van der Waals surface area contributed by atoms with Gasteiger partial charge < -0.3 is 15.7 Å². The predicted molar refractivity (Wildman–Crippen MR) is 99.8 cm³/mol. The first-order chi connectivity index (χ1) is 10.0. The van der Waals surface area contributed by atoms with Crippen LogP contribution in [0.2, 0.25) is 0 Å². The van der Waals surface area contributed by atoms with Gasteiger partial charge in [0.25, 0.3) is 0 Å². The van der Waals surface area contributed by atoms with E-state index in [4.69, 9.17) is 5.73 Å². The van der Waals surface area contributed by atoms with Gasteiger partial charge in [0.2, 0.25) is 0 Å². The minimum Gasteiger partial charge on any atom is -0.396 e. The minimum absolute atomic E-state index is 0. The second kappa shape index (κ2) is 9.62. The zero-order valence-electron chi connectivity index (χ0n) is 14.2. The number of nitrogens with zero attached hydrogens (tertiary/aromatic N) is 3. The Morgan fingerprint density at radius 1 is 1.26 bits per heavy atom. The molecule has 0 aliphatic heterocycles. The molecule has 0 spiro atoms.